The lowest BCUT2D eigenvalue weighted by atomic mass is 9.83. The van der Waals surface area contributed by atoms with Crippen LogP contribution in [-0.4, -0.2) is 47.2 Å². The molecule has 0 spiro atoms. The van der Waals surface area contributed by atoms with Crippen molar-refractivity contribution in [1.82, 2.24) is 4.90 Å². The van der Waals surface area contributed by atoms with Gasteiger partial charge in [0, 0.05) is 13.1 Å². The number of ether oxygens (including phenoxy) is 1. The average Bonchev–Trinajstić information content (AvgIpc) is 2.71. The molecule has 19 heavy (non-hydrogen) atoms. The first kappa shape index (κ1) is 16.0. The maximum Gasteiger partial charge on any atom is 0.311 e. The second-order valence-electron chi connectivity index (χ2n) is 6.30. The van der Waals surface area contributed by atoms with Crippen molar-refractivity contribution in [2.75, 3.05) is 19.7 Å². The minimum Gasteiger partial charge on any atom is -0.481 e. The lowest BCUT2D eigenvalue weighted by Gasteiger charge is -2.25. The molecule has 1 heterocycles. The third kappa shape index (κ3) is 4.20. The van der Waals surface area contributed by atoms with E-state index in [1.54, 1.807) is 4.90 Å². The van der Waals surface area contributed by atoms with Crippen molar-refractivity contribution in [3.8, 4) is 0 Å². The molecule has 1 atom stereocenters. The fraction of sp³-hybridized carbons (Fsp3) is 0.857. The summed E-state index contributed by atoms with van der Waals surface area (Å²) in [5.74, 6) is -0.907. The van der Waals surface area contributed by atoms with Crippen LogP contribution in [0.5, 0.6) is 0 Å². The summed E-state index contributed by atoms with van der Waals surface area (Å²) in [6.45, 7) is 8.49. The van der Waals surface area contributed by atoms with Gasteiger partial charge in [0.2, 0.25) is 5.91 Å². The van der Waals surface area contributed by atoms with Crippen molar-refractivity contribution >= 4 is 11.9 Å². The number of rotatable bonds is 5. The smallest absolute Gasteiger partial charge is 0.311 e. The van der Waals surface area contributed by atoms with Crippen LogP contribution in [0.1, 0.15) is 47.0 Å². The summed E-state index contributed by atoms with van der Waals surface area (Å²) in [6.07, 6.45) is 1.97. The number of hydrogen-bond acceptors (Lipinski definition) is 3. The molecule has 0 aliphatic carbocycles. The van der Waals surface area contributed by atoms with Crippen molar-refractivity contribution in [2.45, 2.75) is 52.6 Å². The van der Waals surface area contributed by atoms with Gasteiger partial charge in [-0.1, -0.05) is 13.3 Å². The average molecular weight is 271 g/mol. The lowest BCUT2D eigenvalue weighted by Crippen LogP contribution is -2.39. The summed E-state index contributed by atoms with van der Waals surface area (Å²) < 4.78 is 5.45. The number of nitrogens with zero attached hydrogens (tertiary/aromatic N) is 1. The molecule has 0 aromatic heterocycles. The molecule has 1 saturated heterocycles. The normalized spacial score (nSPS) is 23.7. The lowest BCUT2D eigenvalue weighted by molar-refractivity contribution is -0.149. The van der Waals surface area contributed by atoms with E-state index < -0.39 is 11.4 Å². The molecule has 0 aromatic carbocycles. The van der Waals surface area contributed by atoms with E-state index in [-0.39, 0.29) is 18.1 Å². The molecule has 1 aliphatic heterocycles. The van der Waals surface area contributed by atoms with Crippen LogP contribution in [0.2, 0.25) is 0 Å². The molecular weight excluding hydrogens is 246 g/mol. The molecule has 1 rings (SSSR count). The third-order valence-corrected chi connectivity index (χ3v) is 3.52. The minimum absolute atomic E-state index is 0.0192. The number of hydrogen-bond donors (Lipinski definition) is 1. The first-order valence-electron chi connectivity index (χ1n) is 6.85. The number of likely N-dealkylation sites (tertiary alicyclic amines) is 1. The van der Waals surface area contributed by atoms with Crippen molar-refractivity contribution in [3.05, 3.63) is 0 Å². The third-order valence-electron chi connectivity index (χ3n) is 3.52. The number of amides is 1. The van der Waals surface area contributed by atoms with Crippen molar-refractivity contribution < 1.29 is 19.4 Å². The highest BCUT2D eigenvalue weighted by atomic mass is 16.5. The molecule has 0 saturated carbocycles. The van der Waals surface area contributed by atoms with Gasteiger partial charge < -0.3 is 14.7 Å². The number of aliphatic carboxylic acids is 1. The fourth-order valence-electron chi connectivity index (χ4n) is 2.42. The fourth-order valence-corrected chi connectivity index (χ4v) is 2.42. The van der Waals surface area contributed by atoms with Crippen LogP contribution in [0.15, 0.2) is 0 Å². The summed E-state index contributed by atoms with van der Waals surface area (Å²) in [5, 5.41) is 9.38. The van der Waals surface area contributed by atoms with Gasteiger partial charge >= 0.3 is 5.97 Å². The van der Waals surface area contributed by atoms with E-state index in [1.165, 1.54) is 0 Å². The highest BCUT2D eigenvalue weighted by Crippen LogP contribution is 2.35. The number of carboxylic acid groups (broad SMARTS) is 1. The van der Waals surface area contributed by atoms with E-state index in [0.29, 0.717) is 25.9 Å². The molecule has 5 heteroatoms. The largest absolute Gasteiger partial charge is 0.481 e. The molecular formula is C14H25NO4. The van der Waals surface area contributed by atoms with Gasteiger partial charge in [0.15, 0.2) is 0 Å². The van der Waals surface area contributed by atoms with Crippen molar-refractivity contribution in [1.29, 1.82) is 0 Å². The van der Waals surface area contributed by atoms with Gasteiger partial charge in [0.05, 0.1) is 11.0 Å². The Hall–Kier alpha value is -1.10. The zero-order chi connectivity index (χ0) is 14.7. The topological polar surface area (TPSA) is 66.8 Å². The van der Waals surface area contributed by atoms with Crippen LogP contribution in [0.4, 0.5) is 0 Å². The Morgan fingerprint density at radius 3 is 2.47 bits per heavy atom. The van der Waals surface area contributed by atoms with Crippen LogP contribution in [0.3, 0.4) is 0 Å². The highest BCUT2D eigenvalue weighted by Gasteiger charge is 2.45. The van der Waals surface area contributed by atoms with Crippen LogP contribution in [0.25, 0.3) is 0 Å². The quantitative estimate of drug-likeness (QED) is 0.829. The van der Waals surface area contributed by atoms with Gasteiger partial charge in [-0.2, -0.15) is 0 Å². The number of carboxylic acids is 1. The Kier molecular flexibility index (Phi) is 4.96. The zero-order valence-electron chi connectivity index (χ0n) is 12.4. The van der Waals surface area contributed by atoms with E-state index in [4.69, 9.17) is 4.74 Å². The predicted octanol–water partition coefficient (Wildman–Crippen LogP) is 1.90. The Labute approximate surface area is 114 Å². The van der Waals surface area contributed by atoms with Crippen LogP contribution < -0.4 is 0 Å². The van der Waals surface area contributed by atoms with Gasteiger partial charge in [-0.15, -0.1) is 0 Å². The summed E-state index contributed by atoms with van der Waals surface area (Å²) >= 11 is 0. The van der Waals surface area contributed by atoms with E-state index in [0.717, 1.165) is 6.42 Å². The zero-order valence-corrected chi connectivity index (χ0v) is 12.4. The van der Waals surface area contributed by atoms with Crippen molar-refractivity contribution in [2.24, 2.45) is 5.41 Å². The Morgan fingerprint density at radius 1 is 1.37 bits per heavy atom. The monoisotopic (exact) mass is 271 g/mol. The van der Waals surface area contributed by atoms with E-state index >= 15 is 0 Å². The van der Waals surface area contributed by atoms with Crippen LogP contribution >= 0.6 is 0 Å². The molecule has 1 fully saturated rings. The maximum atomic E-state index is 12.0. The van der Waals surface area contributed by atoms with Gasteiger partial charge in [0.25, 0.3) is 0 Å². The summed E-state index contributed by atoms with van der Waals surface area (Å²) in [5.41, 5.74) is -1.12. The van der Waals surface area contributed by atoms with E-state index in [9.17, 15) is 14.7 Å². The molecule has 110 valence electrons. The predicted molar refractivity (Wildman–Crippen MR) is 71.9 cm³/mol. The SMILES string of the molecule is CCCC1(C(=O)O)CCN(C(=O)COC(C)(C)C)C1. The Morgan fingerprint density at radius 2 is 2.00 bits per heavy atom. The van der Waals surface area contributed by atoms with E-state index in [2.05, 4.69) is 0 Å². The van der Waals surface area contributed by atoms with Crippen LogP contribution in [-0.2, 0) is 14.3 Å². The van der Waals surface area contributed by atoms with Gasteiger partial charge in [-0.25, -0.2) is 0 Å². The van der Waals surface area contributed by atoms with Crippen LogP contribution in [0, 0.1) is 5.41 Å². The van der Waals surface area contributed by atoms with Crippen molar-refractivity contribution in [3.63, 3.8) is 0 Å². The Bertz CT molecular complexity index is 348. The maximum absolute atomic E-state index is 12.0. The minimum atomic E-state index is -0.790. The molecule has 1 amide bonds. The molecule has 1 N–H and O–H groups in total. The van der Waals surface area contributed by atoms with Gasteiger partial charge in [0.1, 0.15) is 6.61 Å². The first-order valence-corrected chi connectivity index (χ1v) is 6.85. The molecule has 0 aromatic rings. The molecule has 0 bridgehead atoms. The van der Waals surface area contributed by atoms with Gasteiger partial charge in [-0.05, 0) is 33.6 Å². The molecule has 1 aliphatic rings. The van der Waals surface area contributed by atoms with Gasteiger partial charge in [-0.3, -0.25) is 9.59 Å². The van der Waals surface area contributed by atoms with E-state index in [1.807, 2.05) is 27.7 Å². The first-order chi connectivity index (χ1) is 8.70. The second-order valence-corrected chi connectivity index (χ2v) is 6.30. The summed E-state index contributed by atoms with van der Waals surface area (Å²) in [7, 11) is 0. The number of carbonyl (C=O) groups is 2. The summed E-state index contributed by atoms with van der Waals surface area (Å²) in [4.78, 5) is 25.1. The Balaban J connectivity index is 2.59. The molecule has 1 unspecified atom stereocenters. The second kappa shape index (κ2) is 5.90. The molecule has 5 nitrogen and oxygen atoms in total. The standard InChI is InChI=1S/C14H25NO4/c1-5-6-14(12(17)18)7-8-15(10-14)11(16)9-19-13(2,3)4/h5-10H2,1-4H3,(H,17,18). The number of carbonyl (C=O) groups excluding carboxylic acids is 1. The summed E-state index contributed by atoms with van der Waals surface area (Å²) in [6, 6.07) is 0. The highest BCUT2D eigenvalue weighted by molar-refractivity contribution is 5.81. The molecule has 0 radical (unpaired) electrons.